The first-order chi connectivity index (χ1) is 14.6. The van der Waals surface area contributed by atoms with Gasteiger partial charge < -0.3 is 10.1 Å². The Morgan fingerprint density at radius 1 is 1.07 bits per heavy atom. The highest BCUT2D eigenvalue weighted by Crippen LogP contribution is 2.31. The van der Waals surface area contributed by atoms with E-state index in [-0.39, 0.29) is 11.7 Å². The van der Waals surface area contributed by atoms with E-state index in [4.69, 9.17) is 4.74 Å². The monoisotopic (exact) mass is 482 g/mol. The minimum absolute atomic E-state index is 0.221. The van der Waals surface area contributed by atoms with Crippen molar-refractivity contribution in [2.45, 2.75) is 6.61 Å². The van der Waals surface area contributed by atoms with E-state index in [9.17, 15) is 9.18 Å². The number of carbonyl (C=O) groups is 1. The molecule has 4 nitrogen and oxygen atoms in total. The Bertz CT molecular complexity index is 1130. The summed E-state index contributed by atoms with van der Waals surface area (Å²) in [6, 6.07) is 21.4. The number of benzene rings is 3. The van der Waals surface area contributed by atoms with Crippen LogP contribution in [-0.4, -0.2) is 11.1 Å². The summed E-state index contributed by atoms with van der Waals surface area (Å²) < 4.78 is 19.7. The van der Waals surface area contributed by atoms with E-state index >= 15 is 0 Å². The van der Waals surface area contributed by atoms with Crippen molar-refractivity contribution < 1.29 is 13.9 Å². The Labute approximate surface area is 186 Å². The quantitative estimate of drug-likeness (QED) is 0.449. The number of nitrogens with zero attached hydrogens (tertiary/aromatic N) is 1. The molecule has 1 aliphatic rings. The second-order valence-electron chi connectivity index (χ2n) is 6.42. The summed E-state index contributed by atoms with van der Waals surface area (Å²) in [4.78, 5) is 17.1. The van der Waals surface area contributed by atoms with Crippen LogP contribution in [0.15, 0.2) is 87.2 Å². The molecule has 3 aromatic carbocycles. The fourth-order valence-corrected chi connectivity index (χ4v) is 4.08. The van der Waals surface area contributed by atoms with E-state index in [0.29, 0.717) is 22.4 Å². The first-order valence-electron chi connectivity index (χ1n) is 9.08. The molecule has 3 aromatic rings. The van der Waals surface area contributed by atoms with Gasteiger partial charge in [-0.05, 0) is 81.3 Å². The zero-order chi connectivity index (χ0) is 20.9. The lowest BCUT2D eigenvalue weighted by molar-refractivity contribution is -0.115. The van der Waals surface area contributed by atoms with Gasteiger partial charge in [0.2, 0.25) is 0 Å². The molecular weight excluding hydrogens is 467 g/mol. The summed E-state index contributed by atoms with van der Waals surface area (Å²) in [6.45, 7) is 0.474. The van der Waals surface area contributed by atoms with E-state index < -0.39 is 0 Å². The molecule has 1 N–H and O–H groups in total. The topological polar surface area (TPSA) is 50.7 Å². The summed E-state index contributed by atoms with van der Waals surface area (Å²) in [5.41, 5.74) is 2.51. The summed E-state index contributed by atoms with van der Waals surface area (Å²) >= 11 is 4.77. The van der Waals surface area contributed by atoms with Gasteiger partial charge in [-0.25, -0.2) is 9.38 Å². The second-order valence-corrected chi connectivity index (χ2v) is 8.31. The molecule has 7 heteroatoms. The van der Waals surface area contributed by atoms with Crippen molar-refractivity contribution >= 4 is 50.5 Å². The van der Waals surface area contributed by atoms with E-state index in [1.165, 1.54) is 23.9 Å². The number of amidine groups is 1. The number of halogens is 2. The maximum atomic E-state index is 13.0. The lowest BCUT2D eigenvalue weighted by Crippen LogP contribution is -2.19. The number of carbonyl (C=O) groups excluding carboxylic acids is 1. The zero-order valence-corrected chi connectivity index (χ0v) is 18.0. The van der Waals surface area contributed by atoms with Gasteiger partial charge >= 0.3 is 0 Å². The third kappa shape index (κ3) is 5.17. The summed E-state index contributed by atoms with van der Waals surface area (Å²) in [6.07, 6.45) is 1.79. The minimum atomic E-state index is -0.329. The van der Waals surface area contributed by atoms with Gasteiger partial charge in [0.1, 0.15) is 18.2 Å². The molecule has 4 rings (SSSR count). The lowest BCUT2D eigenvalue weighted by Gasteiger charge is -2.09. The molecule has 0 saturated carbocycles. The first kappa shape index (κ1) is 20.4. The highest BCUT2D eigenvalue weighted by Gasteiger charge is 2.23. The van der Waals surface area contributed by atoms with Gasteiger partial charge in [-0.2, -0.15) is 0 Å². The number of thioether (sulfide) groups is 1. The molecule has 1 amide bonds. The maximum Gasteiger partial charge on any atom is 0.264 e. The van der Waals surface area contributed by atoms with Gasteiger partial charge in [-0.3, -0.25) is 4.79 Å². The molecule has 1 saturated heterocycles. The first-order valence-corrected chi connectivity index (χ1v) is 10.7. The molecule has 0 aromatic heterocycles. The van der Waals surface area contributed by atoms with Crippen LogP contribution in [-0.2, 0) is 11.4 Å². The van der Waals surface area contributed by atoms with E-state index in [1.54, 1.807) is 18.2 Å². The van der Waals surface area contributed by atoms with Crippen LogP contribution in [0, 0.1) is 5.82 Å². The average Bonchev–Trinajstić information content (AvgIpc) is 3.08. The average molecular weight is 483 g/mol. The maximum absolute atomic E-state index is 13.0. The molecule has 150 valence electrons. The fraction of sp³-hybridized carbons (Fsp3) is 0.0435. The van der Waals surface area contributed by atoms with Crippen molar-refractivity contribution in [3.05, 3.63) is 99.1 Å². The fourth-order valence-electron chi connectivity index (χ4n) is 2.72. The van der Waals surface area contributed by atoms with Gasteiger partial charge in [0.05, 0.1) is 15.1 Å². The molecular formula is C23H16BrFN2O2S. The van der Waals surface area contributed by atoms with Crippen molar-refractivity contribution in [1.82, 2.24) is 5.32 Å². The smallest absolute Gasteiger partial charge is 0.264 e. The molecule has 0 atom stereocenters. The highest BCUT2D eigenvalue weighted by atomic mass is 79.9. The molecule has 0 spiro atoms. The zero-order valence-electron chi connectivity index (χ0n) is 15.6. The van der Waals surface area contributed by atoms with Crippen LogP contribution >= 0.6 is 27.7 Å². The third-order valence-electron chi connectivity index (χ3n) is 4.20. The number of aliphatic imine (C=N–C) groups is 1. The van der Waals surface area contributed by atoms with E-state index in [1.807, 2.05) is 48.5 Å². The largest absolute Gasteiger partial charge is 0.488 e. The predicted octanol–water partition coefficient (Wildman–Crippen LogP) is 6.06. The number of ether oxygens (including phenoxy) is 1. The van der Waals surface area contributed by atoms with Crippen LogP contribution in [0.1, 0.15) is 11.1 Å². The van der Waals surface area contributed by atoms with Gasteiger partial charge in [-0.15, -0.1) is 0 Å². The van der Waals surface area contributed by atoms with Crippen molar-refractivity contribution in [1.29, 1.82) is 0 Å². The molecule has 0 bridgehead atoms. The van der Waals surface area contributed by atoms with Crippen molar-refractivity contribution in [2.24, 2.45) is 4.99 Å². The molecule has 30 heavy (non-hydrogen) atoms. The number of hydrogen-bond donors (Lipinski definition) is 1. The van der Waals surface area contributed by atoms with Gasteiger partial charge in [0.15, 0.2) is 5.17 Å². The third-order valence-corrected chi connectivity index (χ3v) is 5.73. The van der Waals surface area contributed by atoms with Crippen molar-refractivity contribution in [3.8, 4) is 5.75 Å². The normalized spacial score (nSPS) is 16.1. The van der Waals surface area contributed by atoms with Gasteiger partial charge in [0, 0.05) is 0 Å². The van der Waals surface area contributed by atoms with Crippen LogP contribution in [0.2, 0.25) is 0 Å². The Morgan fingerprint density at radius 3 is 2.57 bits per heavy atom. The Hall–Kier alpha value is -2.90. The van der Waals surface area contributed by atoms with Crippen molar-refractivity contribution in [2.75, 3.05) is 0 Å². The van der Waals surface area contributed by atoms with Crippen LogP contribution in [0.3, 0.4) is 0 Å². The van der Waals surface area contributed by atoms with E-state index in [2.05, 4.69) is 26.2 Å². The minimum Gasteiger partial charge on any atom is -0.488 e. The van der Waals surface area contributed by atoms with Crippen LogP contribution in [0.4, 0.5) is 10.1 Å². The van der Waals surface area contributed by atoms with Crippen LogP contribution in [0.25, 0.3) is 6.08 Å². The van der Waals surface area contributed by atoms with Gasteiger partial charge in [0.25, 0.3) is 5.91 Å². The van der Waals surface area contributed by atoms with Crippen LogP contribution < -0.4 is 10.1 Å². The lowest BCUT2D eigenvalue weighted by atomic mass is 10.2. The standard InChI is InChI=1S/C23H16BrFN2O2S/c24-19-12-16(6-11-20(19)29-14-15-4-2-1-3-5-15)13-21-22(28)27-23(30-21)26-18-9-7-17(25)8-10-18/h1-13H,14H2,(H,26,27,28). The Balaban J connectivity index is 1.45. The van der Waals surface area contributed by atoms with Crippen LogP contribution in [0.5, 0.6) is 5.75 Å². The Morgan fingerprint density at radius 2 is 1.83 bits per heavy atom. The predicted molar refractivity (Wildman–Crippen MR) is 122 cm³/mol. The van der Waals surface area contributed by atoms with Crippen molar-refractivity contribution in [3.63, 3.8) is 0 Å². The molecule has 0 aliphatic carbocycles. The second kappa shape index (κ2) is 9.28. The SMILES string of the molecule is O=C1NC(=Nc2ccc(F)cc2)SC1=Cc1ccc(OCc2ccccc2)c(Br)c1. The number of nitrogens with one attached hydrogen (secondary N) is 1. The van der Waals surface area contributed by atoms with Gasteiger partial charge in [-0.1, -0.05) is 36.4 Å². The molecule has 1 aliphatic heterocycles. The Kier molecular flexibility index (Phi) is 6.30. The molecule has 1 heterocycles. The summed E-state index contributed by atoms with van der Waals surface area (Å²) in [5, 5.41) is 3.19. The molecule has 0 unspecified atom stereocenters. The summed E-state index contributed by atoms with van der Waals surface area (Å²) in [5.74, 6) is 0.175. The molecule has 1 fully saturated rings. The number of hydrogen-bond acceptors (Lipinski definition) is 4. The molecule has 0 radical (unpaired) electrons. The number of rotatable bonds is 5. The summed E-state index contributed by atoms with van der Waals surface area (Å²) in [7, 11) is 0. The highest BCUT2D eigenvalue weighted by molar-refractivity contribution is 9.10. The number of amides is 1. The van der Waals surface area contributed by atoms with E-state index in [0.717, 1.165) is 21.3 Å².